The molecule has 0 aromatic carbocycles. The van der Waals surface area contributed by atoms with Gasteiger partial charge in [-0.15, -0.1) is 17.9 Å². The standard InChI is InChI=1S/C14H22S/c1-2-3-4-5-6-7-8-9-11-14-12-10-13-15-14/h2,10,12-13H,1,3-9,11H2. The third-order valence-corrected chi connectivity index (χ3v) is 3.60. The van der Waals surface area contributed by atoms with Gasteiger partial charge in [-0.3, -0.25) is 0 Å². The first-order valence-corrected chi connectivity index (χ1v) is 6.94. The molecule has 0 aliphatic rings. The Hall–Kier alpha value is -0.560. The van der Waals surface area contributed by atoms with Crippen LogP contribution in [0.4, 0.5) is 0 Å². The third kappa shape index (κ3) is 6.51. The highest BCUT2D eigenvalue weighted by atomic mass is 32.1. The molecule has 0 bridgehead atoms. The molecule has 0 saturated heterocycles. The van der Waals surface area contributed by atoms with E-state index in [-0.39, 0.29) is 0 Å². The molecule has 1 aromatic heterocycles. The third-order valence-electron chi connectivity index (χ3n) is 2.66. The zero-order chi connectivity index (χ0) is 10.8. The van der Waals surface area contributed by atoms with Crippen LogP contribution in [0, 0.1) is 0 Å². The summed E-state index contributed by atoms with van der Waals surface area (Å²) >= 11 is 1.89. The normalized spacial score (nSPS) is 10.4. The molecule has 1 heterocycles. The summed E-state index contributed by atoms with van der Waals surface area (Å²) < 4.78 is 0. The monoisotopic (exact) mass is 222 g/mol. The van der Waals surface area contributed by atoms with Crippen LogP contribution in [0.15, 0.2) is 30.2 Å². The molecule has 0 atom stereocenters. The lowest BCUT2D eigenvalue weighted by atomic mass is 10.1. The van der Waals surface area contributed by atoms with E-state index in [1.54, 1.807) is 4.88 Å². The van der Waals surface area contributed by atoms with E-state index in [4.69, 9.17) is 0 Å². The Morgan fingerprint density at radius 3 is 2.47 bits per heavy atom. The Kier molecular flexibility index (Phi) is 7.28. The van der Waals surface area contributed by atoms with Crippen LogP contribution in [-0.2, 0) is 6.42 Å². The summed E-state index contributed by atoms with van der Waals surface area (Å²) in [6.45, 7) is 3.74. The summed E-state index contributed by atoms with van der Waals surface area (Å²) in [5.41, 5.74) is 0. The van der Waals surface area contributed by atoms with Gasteiger partial charge in [0.25, 0.3) is 0 Å². The summed E-state index contributed by atoms with van der Waals surface area (Å²) in [7, 11) is 0. The van der Waals surface area contributed by atoms with Gasteiger partial charge < -0.3 is 0 Å². The number of aryl methyl sites for hydroxylation is 1. The second-order valence-corrected chi connectivity index (χ2v) is 5.06. The molecule has 0 saturated carbocycles. The molecule has 84 valence electrons. The average Bonchev–Trinajstić information content (AvgIpc) is 2.75. The van der Waals surface area contributed by atoms with E-state index in [0.717, 1.165) is 0 Å². The molecule has 0 spiro atoms. The lowest BCUT2D eigenvalue weighted by Gasteiger charge is -2.00. The molecule has 0 nitrogen and oxygen atoms in total. The molecule has 0 radical (unpaired) electrons. The van der Waals surface area contributed by atoms with Gasteiger partial charge in [-0.1, -0.05) is 37.8 Å². The Balaban J connectivity index is 1.83. The number of hydrogen-bond acceptors (Lipinski definition) is 1. The second-order valence-electron chi connectivity index (χ2n) is 4.03. The van der Waals surface area contributed by atoms with Crippen LogP contribution >= 0.6 is 11.3 Å². The fourth-order valence-corrected chi connectivity index (χ4v) is 2.50. The van der Waals surface area contributed by atoms with Crippen LogP contribution in [0.2, 0.25) is 0 Å². The van der Waals surface area contributed by atoms with Crippen LogP contribution in [0.3, 0.4) is 0 Å². The second kappa shape index (κ2) is 8.72. The Labute approximate surface area is 98.0 Å². The topological polar surface area (TPSA) is 0 Å². The van der Waals surface area contributed by atoms with Gasteiger partial charge in [0.2, 0.25) is 0 Å². The zero-order valence-electron chi connectivity index (χ0n) is 9.58. The van der Waals surface area contributed by atoms with E-state index in [2.05, 4.69) is 24.1 Å². The van der Waals surface area contributed by atoms with Gasteiger partial charge >= 0.3 is 0 Å². The summed E-state index contributed by atoms with van der Waals surface area (Å²) in [6, 6.07) is 4.39. The van der Waals surface area contributed by atoms with Gasteiger partial charge in [-0.2, -0.15) is 0 Å². The Morgan fingerprint density at radius 2 is 1.80 bits per heavy atom. The molecule has 1 heteroatoms. The van der Waals surface area contributed by atoms with Gasteiger partial charge in [-0.25, -0.2) is 0 Å². The maximum Gasteiger partial charge on any atom is 0.00452 e. The molecule has 1 aromatic rings. The number of allylic oxidation sites excluding steroid dienone is 1. The maximum atomic E-state index is 3.74. The SMILES string of the molecule is C=CCCCCCCCCc1cccs1. The van der Waals surface area contributed by atoms with Gasteiger partial charge in [0.1, 0.15) is 0 Å². The number of rotatable bonds is 9. The molecular weight excluding hydrogens is 200 g/mol. The summed E-state index contributed by atoms with van der Waals surface area (Å²) in [5.74, 6) is 0. The number of hydrogen-bond donors (Lipinski definition) is 0. The van der Waals surface area contributed by atoms with Crippen molar-refractivity contribution >= 4 is 11.3 Å². The molecule has 1 rings (SSSR count). The minimum absolute atomic E-state index is 1.19. The van der Waals surface area contributed by atoms with E-state index in [1.165, 1.54) is 51.4 Å². The summed E-state index contributed by atoms with van der Waals surface area (Å²) in [5, 5.41) is 2.17. The van der Waals surface area contributed by atoms with Gasteiger partial charge in [0.05, 0.1) is 0 Å². The van der Waals surface area contributed by atoms with Crippen molar-refractivity contribution in [3.05, 3.63) is 35.0 Å². The molecule has 0 aliphatic heterocycles. The molecule has 15 heavy (non-hydrogen) atoms. The van der Waals surface area contributed by atoms with Crippen LogP contribution in [-0.4, -0.2) is 0 Å². The molecular formula is C14H22S. The van der Waals surface area contributed by atoms with Crippen molar-refractivity contribution in [3.8, 4) is 0 Å². The minimum Gasteiger partial charge on any atom is -0.149 e. The fraction of sp³-hybridized carbons (Fsp3) is 0.571. The van der Waals surface area contributed by atoms with Crippen molar-refractivity contribution in [2.24, 2.45) is 0 Å². The lowest BCUT2D eigenvalue weighted by molar-refractivity contribution is 0.598. The van der Waals surface area contributed by atoms with E-state index in [9.17, 15) is 0 Å². The molecule has 0 aliphatic carbocycles. The first-order chi connectivity index (χ1) is 7.43. The molecule has 0 fully saturated rings. The maximum absolute atomic E-state index is 3.74. The predicted molar refractivity (Wildman–Crippen MR) is 70.5 cm³/mol. The predicted octanol–water partition coefficient (Wildman–Crippen LogP) is 5.21. The van der Waals surface area contributed by atoms with Crippen LogP contribution in [0.25, 0.3) is 0 Å². The van der Waals surface area contributed by atoms with Crippen LogP contribution in [0.1, 0.15) is 49.8 Å². The summed E-state index contributed by atoms with van der Waals surface area (Å²) in [6.07, 6.45) is 12.8. The van der Waals surface area contributed by atoms with Gasteiger partial charge in [-0.05, 0) is 37.1 Å². The Bertz CT molecular complexity index is 236. The van der Waals surface area contributed by atoms with Gasteiger partial charge in [0, 0.05) is 4.88 Å². The highest BCUT2D eigenvalue weighted by Gasteiger charge is 1.94. The van der Waals surface area contributed by atoms with Crippen molar-refractivity contribution in [1.29, 1.82) is 0 Å². The fourth-order valence-electron chi connectivity index (χ4n) is 1.75. The van der Waals surface area contributed by atoms with E-state index in [1.807, 2.05) is 17.4 Å². The van der Waals surface area contributed by atoms with E-state index < -0.39 is 0 Å². The highest BCUT2D eigenvalue weighted by Crippen LogP contribution is 2.14. The number of thiophene rings is 1. The van der Waals surface area contributed by atoms with Crippen molar-refractivity contribution in [2.75, 3.05) is 0 Å². The van der Waals surface area contributed by atoms with Crippen molar-refractivity contribution < 1.29 is 0 Å². The summed E-state index contributed by atoms with van der Waals surface area (Å²) in [4.78, 5) is 1.54. The first-order valence-electron chi connectivity index (χ1n) is 6.07. The number of unbranched alkanes of at least 4 members (excludes halogenated alkanes) is 6. The average molecular weight is 222 g/mol. The van der Waals surface area contributed by atoms with Gasteiger partial charge in [0.15, 0.2) is 0 Å². The van der Waals surface area contributed by atoms with E-state index in [0.29, 0.717) is 0 Å². The van der Waals surface area contributed by atoms with Crippen LogP contribution in [0.5, 0.6) is 0 Å². The lowest BCUT2D eigenvalue weighted by Crippen LogP contribution is -1.83. The molecule has 0 unspecified atom stereocenters. The quantitative estimate of drug-likeness (QED) is 0.397. The zero-order valence-corrected chi connectivity index (χ0v) is 10.4. The smallest absolute Gasteiger partial charge is 0.00452 e. The van der Waals surface area contributed by atoms with Crippen molar-refractivity contribution in [2.45, 2.75) is 51.4 Å². The minimum atomic E-state index is 1.19. The van der Waals surface area contributed by atoms with Crippen LogP contribution < -0.4 is 0 Å². The Morgan fingerprint density at radius 1 is 1.07 bits per heavy atom. The highest BCUT2D eigenvalue weighted by molar-refractivity contribution is 7.09. The molecule has 0 amide bonds. The van der Waals surface area contributed by atoms with E-state index >= 15 is 0 Å². The van der Waals surface area contributed by atoms with Crippen molar-refractivity contribution in [3.63, 3.8) is 0 Å². The largest absolute Gasteiger partial charge is 0.149 e. The molecule has 0 N–H and O–H groups in total. The first kappa shape index (κ1) is 12.5. The van der Waals surface area contributed by atoms with Crippen molar-refractivity contribution in [1.82, 2.24) is 0 Å².